The molecule has 2 saturated carbocycles. The van der Waals surface area contributed by atoms with Crippen LogP contribution >= 0.6 is 0 Å². The van der Waals surface area contributed by atoms with Crippen LogP contribution in [0, 0.1) is 11.8 Å². The first kappa shape index (κ1) is 6.69. The molecule has 0 saturated heterocycles. The zero-order chi connectivity index (χ0) is 6.81. The highest BCUT2D eigenvalue weighted by Gasteiger charge is 2.30. The summed E-state index contributed by atoms with van der Waals surface area (Å²) in [5.41, 5.74) is 0. The van der Waals surface area contributed by atoms with Gasteiger partial charge in [0.05, 0.1) is 0 Å². The van der Waals surface area contributed by atoms with Gasteiger partial charge in [-0.2, -0.15) is 0 Å². The molecule has 0 unspecified atom stereocenters. The fourth-order valence-electron chi connectivity index (χ4n) is 2.35. The van der Waals surface area contributed by atoms with Gasteiger partial charge in [-0.1, -0.05) is 38.5 Å². The molecular formula is C10H18. The van der Waals surface area contributed by atoms with Crippen molar-refractivity contribution in [1.82, 2.24) is 0 Å². The fourth-order valence-corrected chi connectivity index (χ4v) is 2.35. The van der Waals surface area contributed by atoms with E-state index in [-0.39, 0.29) is 0 Å². The molecule has 0 radical (unpaired) electrons. The van der Waals surface area contributed by atoms with Crippen LogP contribution in [0.4, 0.5) is 0 Å². The van der Waals surface area contributed by atoms with Crippen LogP contribution in [0.5, 0.6) is 0 Å². The van der Waals surface area contributed by atoms with Gasteiger partial charge in [-0.15, -0.1) is 0 Å². The van der Waals surface area contributed by atoms with Crippen LogP contribution in [0.1, 0.15) is 51.4 Å². The quantitative estimate of drug-likeness (QED) is 0.487. The Balaban J connectivity index is 1.81. The predicted octanol–water partition coefficient (Wildman–Crippen LogP) is 3.37. The predicted molar refractivity (Wildman–Crippen MR) is 43.9 cm³/mol. The van der Waals surface area contributed by atoms with E-state index in [1.54, 1.807) is 25.7 Å². The van der Waals surface area contributed by atoms with Crippen molar-refractivity contribution in [2.24, 2.45) is 11.8 Å². The van der Waals surface area contributed by atoms with Crippen molar-refractivity contribution in [3.63, 3.8) is 0 Å². The number of rotatable bonds is 1. The van der Waals surface area contributed by atoms with E-state index in [9.17, 15) is 0 Å². The smallest absolute Gasteiger partial charge is 0.0386 e. The van der Waals surface area contributed by atoms with E-state index in [0.29, 0.717) is 0 Å². The van der Waals surface area contributed by atoms with Crippen LogP contribution in [0.15, 0.2) is 0 Å². The molecule has 0 amide bonds. The largest absolute Gasteiger partial charge is 0.0533 e. The second kappa shape index (κ2) is 2.94. The molecule has 0 aromatic heterocycles. The highest BCUT2D eigenvalue weighted by molar-refractivity contribution is 4.82. The Morgan fingerprint density at radius 1 is 0.500 bits per heavy atom. The van der Waals surface area contributed by atoms with Crippen LogP contribution in [-0.2, 0) is 0 Å². The lowest BCUT2D eigenvalue weighted by Gasteiger charge is -2.10. The molecule has 58 valence electrons. The topological polar surface area (TPSA) is 0 Å². The normalized spacial score (nSPS) is 30.0. The van der Waals surface area contributed by atoms with Gasteiger partial charge in [-0.25, -0.2) is 0 Å². The molecular weight excluding hydrogens is 120 g/mol. The summed E-state index contributed by atoms with van der Waals surface area (Å²) >= 11 is 0. The summed E-state index contributed by atoms with van der Waals surface area (Å²) < 4.78 is 0. The summed E-state index contributed by atoms with van der Waals surface area (Å²) in [5.74, 6) is 2.33. The maximum Gasteiger partial charge on any atom is -0.0386 e. The summed E-state index contributed by atoms with van der Waals surface area (Å²) in [5, 5.41) is 0. The minimum absolute atomic E-state index is 1.16. The van der Waals surface area contributed by atoms with Gasteiger partial charge >= 0.3 is 0 Å². The Hall–Kier alpha value is 0. The molecule has 2 aliphatic rings. The highest BCUT2D eigenvalue weighted by Crippen LogP contribution is 2.42. The monoisotopic (exact) mass is 138 g/mol. The maximum atomic E-state index is 1.56. The summed E-state index contributed by atoms with van der Waals surface area (Å²) in [7, 11) is 0. The van der Waals surface area contributed by atoms with Gasteiger partial charge in [0.1, 0.15) is 0 Å². The molecule has 0 spiro atoms. The van der Waals surface area contributed by atoms with Crippen molar-refractivity contribution in [2.45, 2.75) is 51.4 Å². The Morgan fingerprint density at radius 3 is 1.50 bits per heavy atom. The van der Waals surface area contributed by atoms with E-state index in [2.05, 4.69) is 0 Å². The van der Waals surface area contributed by atoms with Crippen LogP contribution < -0.4 is 0 Å². The second-order valence-electron chi connectivity index (χ2n) is 4.09. The Kier molecular flexibility index (Phi) is 1.97. The molecule has 0 N–H and O–H groups in total. The Morgan fingerprint density at radius 2 is 1.00 bits per heavy atom. The van der Waals surface area contributed by atoms with Gasteiger partial charge in [-0.05, 0) is 24.7 Å². The average Bonchev–Trinajstić information content (AvgIpc) is 2.76. The molecule has 2 rings (SSSR count). The van der Waals surface area contributed by atoms with Crippen molar-refractivity contribution < 1.29 is 0 Å². The minimum Gasteiger partial charge on any atom is -0.0533 e. The van der Waals surface area contributed by atoms with E-state index in [1.165, 1.54) is 31.6 Å². The van der Waals surface area contributed by atoms with Gasteiger partial charge in [-0.3, -0.25) is 0 Å². The molecule has 0 bridgehead atoms. The van der Waals surface area contributed by atoms with Crippen molar-refractivity contribution in [3.05, 3.63) is 0 Å². The Bertz CT molecular complexity index is 94.6. The van der Waals surface area contributed by atoms with Gasteiger partial charge < -0.3 is 0 Å². The molecule has 0 atom stereocenters. The first-order valence-electron chi connectivity index (χ1n) is 4.97. The SMILES string of the molecule is C1CCCC(C2CC2)CC1. The van der Waals surface area contributed by atoms with E-state index in [0.717, 1.165) is 5.92 Å². The summed E-state index contributed by atoms with van der Waals surface area (Å²) in [4.78, 5) is 0. The van der Waals surface area contributed by atoms with Crippen LogP contribution in [0.25, 0.3) is 0 Å². The lowest BCUT2D eigenvalue weighted by atomic mass is 9.95. The van der Waals surface area contributed by atoms with E-state index in [4.69, 9.17) is 0 Å². The third kappa shape index (κ3) is 1.53. The standard InChI is InChI=1S/C10H18/c1-2-4-6-9(5-3-1)10-7-8-10/h9-10H,1-8H2. The van der Waals surface area contributed by atoms with E-state index >= 15 is 0 Å². The first-order chi connectivity index (χ1) is 4.97. The zero-order valence-corrected chi connectivity index (χ0v) is 6.81. The molecule has 0 aromatic carbocycles. The van der Waals surface area contributed by atoms with Gasteiger partial charge in [0.2, 0.25) is 0 Å². The van der Waals surface area contributed by atoms with Crippen molar-refractivity contribution in [3.8, 4) is 0 Å². The van der Waals surface area contributed by atoms with Gasteiger partial charge in [0.15, 0.2) is 0 Å². The van der Waals surface area contributed by atoms with Gasteiger partial charge in [0, 0.05) is 0 Å². The first-order valence-corrected chi connectivity index (χ1v) is 4.97. The van der Waals surface area contributed by atoms with E-state index < -0.39 is 0 Å². The molecule has 10 heavy (non-hydrogen) atoms. The molecule has 2 fully saturated rings. The van der Waals surface area contributed by atoms with Gasteiger partial charge in [0.25, 0.3) is 0 Å². The zero-order valence-electron chi connectivity index (χ0n) is 6.81. The van der Waals surface area contributed by atoms with Crippen LogP contribution in [0.2, 0.25) is 0 Å². The fraction of sp³-hybridized carbons (Fsp3) is 1.00. The third-order valence-electron chi connectivity index (χ3n) is 3.19. The van der Waals surface area contributed by atoms with Crippen LogP contribution in [0.3, 0.4) is 0 Å². The molecule has 0 nitrogen and oxygen atoms in total. The number of hydrogen-bond donors (Lipinski definition) is 0. The summed E-state index contributed by atoms with van der Waals surface area (Å²) in [6, 6.07) is 0. The van der Waals surface area contributed by atoms with Crippen molar-refractivity contribution >= 4 is 0 Å². The molecule has 0 heteroatoms. The van der Waals surface area contributed by atoms with Crippen molar-refractivity contribution in [2.75, 3.05) is 0 Å². The van der Waals surface area contributed by atoms with E-state index in [1.807, 2.05) is 0 Å². The Labute approximate surface area is 64.0 Å². The molecule has 0 aliphatic heterocycles. The second-order valence-corrected chi connectivity index (χ2v) is 4.09. The maximum absolute atomic E-state index is 1.56. The number of hydrogen-bond acceptors (Lipinski definition) is 0. The molecule has 2 aliphatic carbocycles. The van der Waals surface area contributed by atoms with Crippen molar-refractivity contribution in [1.29, 1.82) is 0 Å². The molecule has 0 heterocycles. The minimum atomic E-state index is 1.16. The highest BCUT2D eigenvalue weighted by atomic mass is 14.4. The average molecular weight is 138 g/mol. The third-order valence-corrected chi connectivity index (χ3v) is 3.19. The summed E-state index contributed by atoms with van der Waals surface area (Å²) in [6.07, 6.45) is 12.3. The summed E-state index contributed by atoms with van der Waals surface area (Å²) in [6.45, 7) is 0. The lowest BCUT2D eigenvalue weighted by Crippen LogP contribution is -1.99. The lowest BCUT2D eigenvalue weighted by molar-refractivity contribution is 0.407. The van der Waals surface area contributed by atoms with Crippen LogP contribution in [-0.4, -0.2) is 0 Å². The molecule has 0 aromatic rings.